The Labute approximate surface area is 181 Å². The van der Waals surface area contributed by atoms with E-state index in [1.54, 1.807) is 18.2 Å². The molecule has 3 N–H and O–H groups in total. The number of benzene rings is 2. The predicted octanol–water partition coefficient (Wildman–Crippen LogP) is 4.86. The number of carbonyl (C=O) groups excluding carboxylic acids is 1. The second kappa shape index (κ2) is 7.38. The summed E-state index contributed by atoms with van der Waals surface area (Å²) in [7, 11) is 0. The second-order valence-electron chi connectivity index (χ2n) is 8.76. The van der Waals surface area contributed by atoms with Crippen LogP contribution in [0.2, 0.25) is 0 Å². The molecular formula is C25H26O6. The van der Waals surface area contributed by atoms with E-state index in [9.17, 15) is 20.1 Å². The maximum Gasteiger partial charge on any atom is 0.181 e. The van der Waals surface area contributed by atoms with E-state index in [0.29, 0.717) is 16.9 Å². The lowest BCUT2D eigenvalue weighted by molar-refractivity contribution is 0.0889. The Morgan fingerprint density at radius 1 is 1.16 bits per heavy atom. The van der Waals surface area contributed by atoms with Crippen LogP contribution >= 0.6 is 0 Å². The zero-order valence-electron chi connectivity index (χ0n) is 18.0. The first kappa shape index (κ1) is 20.8. The van der Waals surface area contributed by atoms with Gasteiger partial charge in [0, 0.05) is 17.2 Å². The molecule has 1 atom stereocenters. The van der Waals surface area contributed by atoms with Gasteiger partial charge in [-0.2, -0.15) is 0 Å². The molecular weight excluding hydrogens is 396 g/mol. The minimum absolute atomic E-state index is 0.0135. The van der Waals surface area contributed by atoms with Gasteiger partial charge in [-0.1, -0.05) is 17.7 Å². The van der Waals surface area contributed by atoms with Crippen molar-refractivity contribution >= 4 is 11.9 Å². The number of carbonyl (C=O) groups is 1. The molecule has 0 aliphatic carbocycles. The molecule has 2 aliphatic rings. The van der Waals surface area contributed by atoms with E-state index in [2.05, 4.69) is 0 Å². The van der Waals surface area contributed by atoms with Crippen LogP contribution in [0.1, 0.15) is 60.7 Å². The summed E-state index contributed by atoms with van der Waals surface area (Å²) in [4.78, 5) is 13.4. The Hall–Kier alpha value is -3.41. The van der Waals surface area contributed by atoms with Crippen molar-refractivity contribution in [1.82, 2.24) is 0 Å². The van der Waals surface area contributed by atoms with E-state index in [-0.39, 0.29) is 52.9 Å². The fraction of sp³-hybridized carbons (Fsp3) is 0.320. The van der Waals surface area contributed by atoms with Crippen LogP contribution in [0.15, 0.2) is 35.9 Å². The van der Waals surface area contributed by atoms with Crippen molar-refractivity contribution in [3.63, 3.8) is 0 Å². The summed E-state index contributed by atoms with van der Waals surface area (Å²) in [5.41, 5.74) is 1.74. The van der Waals surface area contributed by atoms with Crippen LogP contribution in [0.25, 0.3) is 6.08 Å². The molecule has 6 nitrogen and oxygen atoms in total. The maximum atomic E-state index is 13.4. The molecule has 0 unspecified atom stereocenters. The van der Waals surface area contributed by atoms with Crippen molar-refractivity contribution in [3.05, 3.63) is 58.2 Å². The van der Waals surface area contributed by atoms with E-state index in [1.807, 2.05) is 39.8 Å². The van der Waals surface area contributed by atoms with Gasteiger partial charge in [-0.15, -0.1) is 0 Å². The van der Waals surface area contributed by atoms with Gasteiger partial charge in [-0.3, -0.25) is 4.79 Å². The van der Waals surface area contributed by atoms with E-state index in [4.69, 9.17) is 9.47 Å². The highest BCUT2D eigenvalue weighted by atomic mass is 16.5. The summed E-state index contributed by atoms with van der Waals surface area (Å²) in [6.45, 7) is 7.64. The zero-order chi connectivity index (χ0) is 22.5. The number of Topliss-reactive ketones (excluding diaryl/α,β-unsaturated/α-hetero) is 1. The molecule has 0 saturated carbocycles. The molecule has 2 heterocycles. The molecule has 31 heavy (non-hydrogen) atoms. The van der Waals surface area contributed by atoms with Gasteiger partial charge >= 0.3 is 0 Å². The van der Waals surface area contributed by atoms with Crippen LogP contribution < -0.4 is 9.47 Å². The van der Waals surface area contributed by atoms with Gasteiger partial charge in [0.1, 0.15) is 46.5 Å². The summed E-state index contributed by atoms with van der Waals surface area (Å²) in [5.74, 6) is -0.944. The van der Waals surface area contributed by atoms with Crippen molar-refractivity contribution in [2.75, 3.05) is 6.61 Å². The predicted molar refractivity (Wildman–Crippen MR) is 117 cm³/mol. The minimum Gasteiger partial charge on any atom is -0.507 e. The topological polar surface area (TPSA) is 96.2 Å². The average Bonchev–Trinajstić information content (AvgIpc) is 2.67. The van der Waals surface area contributed by atoms with Crippen molar-refractivity contribution in [3.8, 4) is 28.7 Å². The van der Waals surface area contributed by atoms with Gasteiger partial charge in [0.25, 0.3) is 0 Å². The molecule has 162 valence electrons. The van der Waals surface area contributed by atoms with Gasteiger partial charge in [-0.25, -0.2) is 0 Å². The molecule has 0 bridgehead atoms. The first-order valence-electron chi connectivity index (χ1n) is 10.2. The number of rotatable bonds is 3. The normalized spacial score (nSPS) is 18.5. The molecule has 0 amide bonds. The number of phenols is 3. The third-order valence-electron chi connectivity index (χ3n) is 5.64. The Kier molecular flexibility index (Phi) is 4.96. The van der Waals surface area contributed by atoms with Gasteiger partial charge in [0.15, 0.2) is 5.78 Å². The Bertz CT molecular complexity index is 1140. The largest absolute Gasteiger partial charge is 0.507 e. The molecule has 4 rings (SSSR count). The Morgan fingerprint density at radius 2 is 1.90 bits per heavy atom. The van der Waals surface area contributed by atoms with Gasteiger partial charge in [0.05, 0.1) is 11.5 Å². The summed E-state index contributed by atoms with van der Waals surface area (Å²) < 4.78 is 11.6. The number of fused-ring (bicyclic) bond motifs is 2. The van der Waals surface area contributed by atoms with Gasteiger partial charge in [-0.05, 0) is 52.3 Å². The number of hydrogen-bond acceptors (Lipinski definition) is 6. The highest BCUT2D eigenvalue weighted by Crippen LogP contribution is 2.47. The lowest BCUT2D eigenvalue weighted by atomic mass is 9.85. The Balaban J connectivity index is 1.75. The molecule has 2 aliphatic heterocycles. The molecule has 0 radical (unpaired) electrons. The molecule has 0 saturated heterocycles. The van der Waals surface area contributed by atoms with Crippen molar-refractivity contribution in [2.24, 2.45) is 0 Å². The molecule has 2 aromatic rings. The number of hydrogen-bond donors (Lipinski definition) is 3. The third-order valence-corrected chi connectivity index (χ3v) is 5.64. The highest BCUT2D eigenvalue weighted by Gasteiger charge is 2.37. The first-order chi connectivity index (χ1) is 14.6. The molecule has 0 aromatic heterocycles. The van der Waals surface area contributed by atoms with Crippen LogP contribution in [0.4, 0.5) is 0 Å². The average molecular weight is 422 g/mol. The maximum absolute atomic E-state index is 13.4. The van der Waals surface area contributed by atoms with Crippen LogP contribution in [-0.4, -0.2) is 33.3 Å². The Morgan fingerprint density at radius 3 is 2.61 bits per heavy atom. The SMILES string of the molecule is CC(C)=CCc1c(O)cc2c(c1O)C(=O)[C@H](c1ccc3c(c1O)C=CC(C)(C)O3)CO2. The van der Waals surface area contributed by atoms with E-state index < -0.39 is 11.5 Å². The molecule has 6 heteroatoms. The number of phenolic OH excluding ortho intramolecular Hbond substituents is 3. The van der Waals surface area contributed by atoms with Crippen LogP contribution in [0.3, 0.4) is 0 Å². The monoisotopic (exact) mass is 422 g/mol. The second-order valence-corrected chi connectivity index (χ2v) is 8.76. The van der Waals surface area contributed by atoms with Crippen LogP contribution in [0.5, 0.6) is 28.7 Å². The van der Waals surface area contributed by atoms with Crippen LogP contribution in [-0.2, 0) is 6.42 Å². The van der Waals surface area contributed by atoms with Gasteiger partial charge in [0.2, 0.25) is 0 Å². The lowest BCUT2D eigenvalue weighted by Crippen LogP contribution is -2.28. The summed E-state index contributed by atoms with van der Waals surface area (Å²) >= 11 is 0. The van der Waals surface area contributed by atoms with Gasteiger partial charge < -0.3 is 24.8 Å². The summed E-state index contributed by atoms with van der Waals surface area (Å²) in [6.07, 6.45) is 5.77. The van der Waals surface area contributed by atoms with Crippen molar-refractivity contribution in [1.29, 1.82) is 0 Å². The quantitative estimate of drug-likeness (QED) is 0.612. The van der Waals surface area contributed by atoms with E-state index in [1.165, 1.54) is 6.07 Å². The minimum atomic E-state index is -0.798. The smallest absolute Gasteiger partial charge is 0.181 e. The third kappa shape index (κ3) is 3.63. The number of allylic oxidation sites excluding steroid dienone is 2. The van der Waals surface area contributed by atoms with E-state index in [0.717, 1.165) is 5.57 Å². The molecule has 0 fully saturated rings. The first-order valence-corrected chi connectivity index (χ1v) is 10.2. The lowest BCUT2D eigenvalue weighted by Gasteiger charge is -2.30. The number of ether oxygens (including phenoxy) is 2. The molecule has 0 spiro atoms. The van der Waals surface area contributed by atoms with Crippen LogP contribution in [0, 0.1) is 0 Å². The zero-order valence-corrected chi connectivity index (χ0v) is 18.0. The summed E-state index contributed by atoms with van der Waals surface area (Å²) in [6, 6.07) is 4.75. The number of ketones is 1. The fourth-order valence-corrected chi connectivity index (χ4v) is 3.92. The standard InChI is InChI=1S/C25H26O6/c1-13(2)5-6-15-18(26)11-20-21(23(15)28)24(29)17(12-30-20)14-7-8-19-16(22(14)27)9-10-25(3,4)31-19/h5,7-11,17,26-28H,6,12H2,1-4H3/t17-/m0/s1. The number of aromatic hydroxyl groups is 3. The fourth-order valence-electron chi connectivity index (χ4n) is 3.92. The molecule has 2 aromatic carbocycles. The summed E-state index contributed by atoms with van der Waals surface area (Å²) in [5, 5.41) is 32.0. The van der Waals surface area contributed by atoms with E-state index >= 15 is 0 Å². The van der Waals surface area contributed by atoms with Crippen molar-refractivity contribution in [2.45, 2.75) is 45.6 Å². The van der Waals surface area contributed by atoms with Crippen molar-refractivity contribution < 1.29 is 29.6 Å². The highest BCUT2D eigenvalue weighted by molar-refractivity contribution is 6.07.